The fourth-order valence-corrected chi connectivity index (χ4v) is 5.05. The lowest BCUT2D eigenvalue weighted by molar-refractivity contribution is -0.128. The van der Waals surface area contributed by atoms with E-state index in [4.69, 9.17) is 4.74 Å². The maximum Gasteiger partial charge on any atom is 0.256 e. The van der Waals surface area contributed by atoms with Gasteiger partial charge in [0, 0.05) is 56.0 Å². The quantitative estimate of drug-likeness (QED) is 0.562. The molecular formula is C29H29FN4O4. The Bertz CT molecular complexity index is 1310. The second kappa shape index (κ2) is 10.7. The Morgan fingerprint density at radius 3 is 2.32 bits per heavy atom. The molecule has 9 heteroatoms. The largest absolute Gasteiger partial charge is 0.353 e. The van der Waals surface area contributed by atoms with Gasteiger partial charge in [-0.3, -0.25) is 24.3 Å². The van der Waals surface area contributed by atoms with E-state index in [1.807, 2.05) is 25.1 Å². The molecule has 8 nitrogen and oxygen atoms in total. The number of nitrogens with one attached hydrogen (secondary N) is 1. The molecule has 1 aromatic heterocycles. The monoisotopic (exact) mass is 516 g/mol. The van der Waals surface area contributed by atoms with Crippen LogP contribution < -0.4 is 5.32 Å². The van der Waals surface area contributed by atoms with Gasteiger partial charge in [0.15, 0.2) is 0 Å². The molecule has 1 spiro atoms. The van der Waals surface area contributed by atoms with E-state index in [1.165, 1.54) is 24.3 Å². The zero-order chi connectivity index (χ0) is 26.7. The van der Waals surface area contributed by atoms with Gasteiger partial charge in [0.2, 0.25) is 5.91 Å². The van der Waals surface area contributed by atoms with E-state index in [1.54, 1.807) is 40.4 Å². The summed E-state index contributed by atoms with van der Waals surface area (Å²) in [7, 11) is 0. The second-order valence-corrected chi connectivity index (χ2v) is 9.69. The Kier molecular flexibility index (Phi) is 7.20. The predicted molar refractivity (Wildman–Crippen MR) is 137 cm³/mol. The van der Waals surface area contributed by atoms with Crippen molar-refractivity contribution in [3.8, 4) is 0 Å². The number of nitrogens with zero attached hydrogens (tertiary/aromatic N) is 3. The highest BCUT2D eigenvalue weighted by molar-refractivity contribution is 5.98. The van der Waals surface area contributed by atoms with Crippen molar-refractivity contribution in [3.63, 3.8) is 0 Å². The molecule has 2 aromatic carbocycles. The lowest BCUT2D eigenvalue weighted by Crippen LogP contribution is -2.59. The molecule has 3 aromatic rings. The van der Waals surface area contributed by atoms with Crippen LogP contribution in [0, 0.1) is 12.7 Å². The van der Waals surface area contributed by atoms with E-state index in [2.05, 4.69) is 10.3 Å². The summed E-state index contributed by atoms with van der Waals surface area (Å²) >= 11 is 0. The number of aryl methyl sites for hydroxylation is 1. The van der Waals surface area contributed by atoms with Gasteiger partial charge in [-0.2, -0.15) is 0 Å². The standard InChI is InChI=1S/C29H29FN4O4/c1-20-4-6-23(7-5-20)28(37)34-25(26(35)32-18-21-3-2-14-31-17-21)19-38-29(34)12-15-33(16-13-29)27(36)22-8-10-24(30)11-9-22/h2-11,14,17,25H,12-13,15-16,18-19H2,1H3,(H,32,35)/t25-/m1/s1. The number of amides is 3. The summed E-state index contributed by atoms with van der Waals surface area (Å²) in [5.74, 6) is -1.21. The molecule has 0 aliphatic carbocycles. The molecule has 2 saturated heterocycles. The molecule has 1 N–H and O–H groups in total. The molecule has 0 unspecified atom stereocenters. The van der Waals surface area contributed by atoms with Gasteiger partial charge in [0.25, 0.3) is 11.8 Å². The molecule has 0 bridgehead atoms. The van der Waals surface area contributed by atoms with Crippen LogP contribution in [0.25, 0.3) is 0 Å². The zero-order valence-corrected chi connectivity index (χ0v) is 21.1. The van der Waals surface area contributed by atoms with E-state index in [0.29, 0.717) is 37.1 Å². The number of halogens is 1. The molecule has 0 saturated carbocycles. The normalized spacial score (nSPS) is 18.4. The summed E-state index contributed by atoms with van der Waals surface area (Å²) < 4.78 is 19.6. The van der Waals surface area contributed by atoms with Gasteiger partial charge in [-0.25, -0.2) is 4.39 Å². The van der Waals surface area contributed by atoms with Crippen LogP contribution in [0.4, 0.5) is 4.39 Å². The SMILES string of the molecule is Cc1ccc(C(=O)N2[C@@H](C(=O)NCc3cccnc3)COC23CCN(C(=O)c2ccc(F)cc2)CC3)cc1. The van der Waals surface area contributed by atoms with Crippen LogP contribution in [0.1, 0.15) is 44.7 Å². The summed E-state index contributed by atoms with van der Waals surface area (Å²) in [6, 6.07) is 15.5. The van der Waals surface area contributed by atoms with Crippen LogP contribution in [-0.2, 0) is 16.1 Å². The molecule has 38 heavy (non-hydrogen) atoms. The minimum atomic E-state index is -1.02. The van der Waals surface area contributed by atoms with Crippen LogP contribution in [0.5, 0.6) is 0 Å². The van der Waals surface area contributed by atoms with Crippen molar-refractivity contribution < 1.29 is 23.5 Å². The highest BCUT2D eigenvalue weighted by Crippen LogP contribution is 2.39. The lowest BCUT2D eigenvalue weighted by Gasteiger charge is -2.44. The number of pyridine rings is 1. The molecular weight excluding hydrogens is 487 g/mol. The molecule has 2 aliphatic heterocycles. The number of benzene rings is 2. The van der Waals surface area contributed by atoms with E-state index < -0.39 is 17.6 Å². The van der Waals surface area contributed by atoms with Crippen molar-refractivity contribution in [2.45, 2.75) is 38.1 Å². The molecule has 3 amide bonds. The molecule has 5 rings (SSSR count). The third-order valence-electron chi connectivity index (χ3n) is 7.19. The summed E-state index contributed by atoms with van der Waals surface area (Å²) in [6.07, 6.45) is 4.04. The van der Waals surface area contributed by atoms with Gasteiger partial charge in [-0.1, -0.05) is 23.8 Å². The van der Waals surface area contributed by atoms with Crippen LogP contribution in [0.2, 0.25) is 0 Å². The predicted octanol–water partition coefficient (Wildman–Crippen LogP) is 3.32. The zero-order valence-electron chi connectivity index (χ0n) is 21.1. The second-order valence-electron chi connectivity index (χ2n) is 9.69. The van der Waals surface area contributed by atoms with Gasteiger partial charge < -0.3 is 15.0 Å². The fourth-order valence-electron chi connectivity index (χ4n) is 5.05. The molecule has 2 aliphatic rings. The first-order valence-corrected chi connectivity index (χ1v) is 12.6. The van der Waals surface area contributed by atoms with Crippen molar-refractivity contribution in [2.75, 3.05) is 19.7 Å². The molecule has 3 heterocycles. The molecule has 2 fully saturated rings. The molecule has 0 radical (unpaired) electrons. The van der Waals surface area contributed by atoms with Crippen LogP contribution in [0.15, 0.2) is 73.1 Å². The van der Waals surface area contributed by atoms with Gasteiger partial charge in [0.1, 0.15) is 17.6 Å². The summed E-state index contributed by atoms with van der Waals surface area (Å²) in [4.78, 5) is 47.5. The number of hydrogen-bond acceptors (Lipinski definition) is 5. The van der Waals surface area contributed by atoms with Crippen molar-refractivity contribution in [3.05, 3.63) is 101 Å². The Hall–Kier alpha value is -4.11. The Labute approximate surface area is 220 Å². The maximum atomic E-state index is 13.8. The van der Waals surface area contributed by atoms with Gasteiger partial charge in [0.05, 0.1) is 6.61 Å². The topological polar surface area (TPSA) is 91.8 Å². The van der Waals surface area contributed by atoms with E-state index in [0.717, 1.165) is 11.1 Å². The minimum Gasteiger partial charge on any atom is -0.353 e. The highest BCUT2D eigenvalue weighted by Gasteiger charge is 2.54. The van der Waals surface area contributed by atoms with Gasteiger partial charge >= 0.3 is 0 Å². The van der Waals surface area contributed by atoms with Crippen molar-refractivity contribution in [2.24, 2.45) is 0 Å². The third-order valence-corrected chi connectivity index (χ3v) is 7.19. The van der Waals surface area contributed by atoms with Crippen molar-refractivity contribution >= 4 is 17.7 Å². The summed E-state index contributed by atoms with van der Waals surface area (Å²) in [6.45, 7) is 2.94. The van der Waals surface area contributed by atoms with Crippen molar-refractivity contribution in [1.82, 2.24) is 20.1 Å². The number of carbonyl (C=O) groups is 3. The van der Waals surface area contributed by atoms with Crippen LogP contribution in [-0.4, -0.2) is 64.0 Å². The van der Waals surface area contributed by atoms with Gasteiger partial charge in [-0.15, -0.1) is 0 Å². The fraction of sp³-hybridized carbons (Fsp3) is 0.310. The molecule has 196 valence electrons. The maximum absolute atomic E-state index is 13.8. The van der Waals surface area contributed by atoms with Crippen LogP contribution in [0.3, 0.4) is 0 Å². The van der Waals surface area contributed by atoms with E-state index >= 15 is 0 Å². The summed E-state index contributed by atoms with van der Waals surface area (Å²) in [5, 5.41) is 2.91. The smallest absolute Gasteiger partial charge is 0.256 e. The Morgan fingerprint density at radius 1 is 1.00 bits per heavy atom. The first kappa shape index (κ1) is 25.5. The van der Waals surface area contributed by atoms with Crippen molar-refractivity contribution in [1.29, 1.82) is 0 Å². The third kappa shape index (κ3) is 5.15. The first-order valence-electron chi connectivity index (χ1n) is 12.6. The molecule has 1 atom stereocenters. The first-order chi connectivity index (χ1) is 18.4. The van der Waals surface area contributed by atoms with Gasteiger partial charge in [-0.05, 0) is 55.0 Å². The summed E-state index contributed by atoms with van der Waals surface area (Å²) in [5.41, 5.74) is 1.72. The highest BCUT2D eigenvalue weighted by atomic mass is 19.1. The number of carbonyl (C=O) groups excluding carboxylic acids is 3. The number of rotatable bonds is 5. The average molecular weight is 517 g/mol. The lowest BCUT2D eigenvalue weighted by atomic mass is 9.96. The van der Waals surface area contributed by atoms with E-state index in [9.17, 15) is 18.8 Å². The van der Waals surface area contributed by atoms with Crippen LogP contribution >= 0.6 is 0 Å². The Morgan fingerprint density at radius 2 is 1.66 bits per heavy atom. The number of likely N-dealkylation sites (tertiary alicyclic amines) is 1. The van der Waals surface area contributed by atoms with E-state index in [-0.39, 0.29) is 30.9 Å². The Balaban J connectivity index is 1.36. The minimum absolute atomic E-state index is 0.0579. The number of hydrogen-bond donors (Lipinski definition) is 1. The number of piperidine rings is 1. The number of ether oxygens (including phenoxy) is 1. The number of aromatic nitrogens is 1. The average Bonchev–Trinajstić information content (AvgIpc) is 3.31.